The Balaban J connectivity index is 1.40. The van der Waals surface area contributed by atoms with Gasteiger partial charge in [0.05, 0.1) is 32.8 Å². The van der Waals surface area contributed by atoms with Crippen LogP contribution in [0.1, 0.15) is 51.2 Å². The highest BCUT2D eigenvalue weighted by atomic mass is 35.5. The molecule has 4 bridgehead atoms. The quantitative estimate of drug-likeness (QED) is 0.118. The molecule has 2 aromatic rings. The van der Waals surface area contributed by atoms with Crippen LogP contribution in [0.4, 0.5) is 0 Å². The number of allylic oxidation sites excluding steroid dienone is 1. The van der Waals surface area contributed by atoms with Gasteiger partial charge in [-0.05, 0) is 84.2 Å². The summed E-state index contributed by atoms with van der Waals surface area (Å²) in [5.74, 6) is 1.87. The monoisotopic (exact) mass is 606 g/mol. The lowest BCUT2D eigenvalue weighted by atomic mass is 9.43. The minimum atomic E-state index is -1.10. The van der Waals surface area contributed by atoms with Crippen LogP contribution in [-0.4, -0.2) is 38.5 Å². The number of carbonyl (C=O) groups is 2. The van der Waals surface area contributed by atoms with E-state index >= 15 is 0 Å². The molecule has 3 saturated carbocycles. The van der Waals surface area contributed by atoms with Crippen LogP contribution in [0.15, 0.2) is 60.2 Å². The summed E-state index contributed by atoms with van der Waals surface area (Å²) in [6, 6.07) is 15.4. The van der Waals surface area contributed by atoms with E-state index in [-0.39, 0.29) is 47.5 Å². The largest absolute Gasteiger partial charge is 0.497 e. The van der Waals surface area contributed by atoms with E-state index in [1.54, 1.807) is 14.2 Å². The molecule has 3 fully saturated rings. The molecule has 0 radical (unpaired) electrons. The van der Waals surface area contributed by atoms with Crippen LogP contribution in [0.3, 0.4) is 0 Å². The molecule has 43 heavy (non-hydrogen) atoms. The number of hydrogen-bond donors (Lipinski definition) is 0. The number of aldehydes is 1. The second kappa shape index (κ2) is 11.3. The molecule has 0 saturated heterocycles. The molecule has 6 nitrogen and oxygen atoms in total. The van der Waals surface area contributed by atoms with Gasteiger partial charge in [-0.3, -0.25) is 4.79 Å². The van der Waals surface area contributed by atoms with Crippen LogP contribution in [0.5, 0.6) is 11.5 Å². The highest BCUT2D eigenvalue weighted by Crippen LogP contribution is 2.83. The molecule has 4 aliphatic rings. The molecule has 0 amide bonds. The van der Waals surface area contributed by atoms with E-state index in [0.717, 1.165) is 47.3 Å². The minimum absolute atomic E-state index is 0.0261. The van der Waals surface area contributed by atoms with Gasteiger partial charge in [-0.1, -0.05) is 56.7 Å². The highest BCUT2D eigenvalue weighted by Gasteiger charge is 2.85. The Morgan fingerprint density at radius 1 is 0.977 bits per heavy atom. The molecule has 0 N–H and O–H groups in total. The molecule has 8 atom stereocenters. The number of fused-ring (bicyclic) bond motifs is 2. The Morgan fingerprint density at radius 3 is 2.14 bits per heavy atom. The zero-order valence-electron chi connectivity index (χ0n) is 25.8. The lowest BCUT2D eigenvalue weighted by Gasteiger charge is -2.58. The summed E-state index contributed by atoms with van der Waals surface area (Å²) in [7, 11) is 3.28. The smallest absolute Gasteiger partial charge is 0.318 e. The third kappa shape index (κ3) is 4.30. The molecular weight excluding hydrogens is 564 g/mol. The van der Waals surface area contributed by atoms with Gasteiger partial charge in [0, 0.05) is 10.8 Å². The first kappa shape index (κ1) is 30.2. The molecule has 0 spiro atoms. The summed E-state index contributed by atoms with van der Waals surface area (Å²) in [4.78, 5) is 28.6. The van der Waals surface area contributed by atoms with Crippen LogP contribution in [0.25, 0.3) is 0 Å². The molecule has 6 rings (SSSR count). The second-order valence-electron chi connectivity index (χ2n) is 13.5. The van der Waals surface area contributed by atoms with Crippen LogP contribution < -0.4 is 9.47 Å². The third-order valence-corrected chi connectivity index (χ3v) is 12.1. The van der Waals surface area contributed by atoms with Gasteiger partial charge in [-0.15, -0.1) is 11.6 Å². The molecule has 0 aromatic heterocycles. The van der Waals surface area contributed by atoms with Crippen LogP contribution >= 0.6 is 11.6 Å². The lowest BCUT2D eigenvalue weighted by molar-refractivity contribution is -0.193. The maximum atomic E-state index is 14.9. The van der Waals surface area contributed by atoms with Crippen LogP contribution in [0.2, 0.25) is 0 Å². The molecule has 0 aliphatic heterocycles. The Hall–Kier alpha value is -2.83. The van der Waals surface area contributed by atoms with E-state index in [1.807, 2.05) is 48.5 Å². The molecule has 2 aromatic carbocycles. The van der Waals surface area contributed by atoms with Gasteiger partial charge >= 0.3 is 5.97 Å². The lowest BCUT2D eigenvalue weighted by Crippen LogP contribution is -2.64. The van der Waals surface area contributed by atoms with Gasteiger partial charge in [0.2, 0.25) is 0 Å². The fourth-order valence-electron chi connectivity index (χ4n) is 9.60. The van der Waals surface area contributed by atoms with Gasteiger partial charge in [0.25, 0.3) is 0 Å². The first-order valence-electron chi connectivity index (χ1n) is 15.5. The first-order chi connectivity index (χ1) is 20.7. The maximum Gasteiger partial charge on any atom is 0.318 e. The van der Waals surface area contributed by atoms with Crippen molar-refractivity contribution in [2.24, 2.45) is 45.8 Å². The van der Waals surface area contributed by atoms with Crippen molar-refractivity contribution in [3.8, 4) is 11.5 Å². The average molecular weight is 607 g/mol. The summed E-state index contributed by atoms with van der Waals surface area (Å²) < 4.78 is 23.5. The van der Waals surface area contributed by atoms with Crippen molar-refractivity contribution < 1.29 is 28.5 Å². The van der Waals surface area contributed by atoms with Gasteiger partial charge < -0.3 is 23.7 Å². The Labute approximate surface area is 260 Å². The number of esters is 1. The average Bonchev–Trinajstić information content (AvgIpc) is 3.54. The van der Waals surface area contributed by atoms with E-state index in [1.165, 1.54) is 0 Å². The Bertz CT molecular complexity index is 1390. The van der Waals surface area contributed by atoms with Crippen molar-refractivity contribution in [2.75, 3.05) is 20.8 Å². The maximum absolute atomic E-state index is 14.9. The number of hydrogen-bond acceptors (Lipinski definition) is 6. The van der Waals surface area contributed by atoms with Crippen molar-refractivity contribution in [3.05, 3.63) is 71.3 Å². The number of carbonyl (C=O) groups excluding carboxylic acids is 2. The van der Waals surface area contributed by atoms with Gasteiger partial charge in [-0.25, -0.2) is 0 Å². The zero-order valence-corrected chi connectivity index (χ0v) is 26.6. The van der Waals surface area contributed by atoms with E-state index in [2.05, 4.69) is 26.8 Å². The summed E-state index contributed by atoms with van der Waals surface area (Å²) in [5, 5.41) is -0.0270. The summed E-state index contributed by atoms with van der Waals surface area (Å²) in [6.45, 7) is 7.37. The summed E-state index contributed by atoms with van der Waals surface area (Å²) in [5.41, 5.74) is 0.362. The van der Waals surface area contributed by atoms with E-state index in [4.69, 9.17) is 30.5 Å². The van der Waals surface area contributed by atoms with Gasteiger partial charge in [0.1, 0.15) is 29.8 Å². The molecule has 7 heteroatoms. The second-order valence-corrected chi connectivity index (χ2v) is 14.1. The van der Waals surface area contributed by atoms with Gasteiger partial charge in [0.15, 0.2) is 0 Å². The standard InChI is InChI=1S/C36H43ClO6/c1-22(2)30-14-26-16-34(20-38)31-15-32(37)23(3)29(31)17-35(26,21-42-18-24-6-10-27(40-4)11-7-24)36(30,34)33(39)43-19-25-8-12-28(41-5)13-9-25/h6-14,20,22-23,26,29,31-32H,15-19,21H2,1-5H3/t23?,26-,29?,31?,32?,34-,35-,36-/m0/s1. The number of benzene rings is 2. The van der Waals surface area contributed by atoms with Crippen molar-refractivity contribution in [1.29, 1.82) is 0 Å². The summed E-state index contributed by atoms with van der Waals surface area (Å²) >= 11 is 6.94. The predicted octanol–water partition coefficient (Wildman–Crippen LogP) is 7.02. The van der Waals surface area contributed by atoms with E-state index in [9.17, 15) is 9.59 Å². The van der Waals surface area contributed by atoms with Crippen LogP contribution in [-0.2, 0) is 32.3 Å². The molecule has 0 heterocycles. The molecule has 230 valence electrons. The highest BCUT2D eigenvalue weighted by molar-refractivity contribution is 6.21. The topological polar surface area (TPSA) is 71.1 Å². The van der Waals surface area contributed by atoms with Gasteiger partial charge in [-0.2, -0.15) is 0 Å². The zero-order chi connectivity index (χ0) is 30.6. The molecule has 4 unspecified atom stereocenters. The molecule has 4 aliphatic carbocycles. The SMILES string of the molecule is COc1ccc(COC[C@@]23CC4C(C)C(Cl)CC4[C@@]4(C=O)C[C@@H]2C=C(C(C)C)[C@@]34C(=O)OCc2ccc(OC)cc2)cc1. The Morgan fingerprint density at radius 2 is 1.58 bits per heavy atom. The normalized spacial score (nSPS) is 35.4. The van der Waals surface area contributed by atoms with Crippen molar-refractivity contribution in [2.45, 2.75) is 58.6 Å². The number of alkyl halides is 1. The first-order valence-corrected chi connectivity index (χ1v) is 15.9. The van der Waals surface area contributed by atoms with Crippen molar-refractivity contribution >= 4 is 23.9 Å². The minimum Gasteiger partial charge on any atom is -0.497 e. The number of rotatable bonds is 11. The Kier molecular flexibility index (Phi) is 7.91. The predicted molar refractivity (Wildman–Crippen MR) is 165 cm³/mol. The fourth-order valence-corrected chi connectivity index (χ4v) is 9.98. The molecular formula is C36H43ClO6. The number of methoxy groups -OCH3 is 2. The number of ether oxygens (including phenoxy) is 4. The van der Waals surface area contributed by atoms with Crippen molar-refractivity contribution in [1.82, 2.24) is 0 Å². The summed E-state index contributed by atoms with van der Waals surface area (Å²) in [6.07, 6.45) is 5.60. The van der Waals surface area contributed by atoms with E-state index < -0.39 is 16.2 Å². The third-order valence-electron chi connectivity index (χ3n) is 11.5. The van der Waals surface area contributed by atoms with E-state index in [0.29, 0.717) is 19.6 Å². The fraction of sp³-hybridized carbons (Fsp3) is 0.556. The van der Waals surface area contributed by atoms with Crippen LogP contribution in [0, 0.1) is 45.8 Å². The number of halogens is 1. The van der Waals surface area contributed by atoms with Crippen molar-refractivity contribution in [3.63, 3.8) is 0 Å².